The van der Waals surface area contributed by atoms with Crippen molar-refractivity contribution in [2.75, 3.05) is 31.1 Å². The fourth-order valence-corrected chi connectivity index (χ4v) is 4.22. The van der Waals surface area contributed by atoms with Gasteiger partial charge in [-0.05, 0) is 48.4 Å². The highest BCUT2D eigenvalue weighted by atomic mass is 32.1. The first-order chi connectivity index (χ1) is 15.3. The summed E-state index contributed by atoms with van der Waals surface area (Å²) < 4.78 is 55.4. The van der Waals surface area contributed by atoms with E-state index in [0.717, 1.165) is 22.8 Å². The van der Waals surface area contributed by atoms with Crippen LogP contribution in [0.25, 0.3) is 11.4 Å². The van der Waals surface area contributed by atoms with Crippen molar-refractivity contribution in [3.63, 3.8) is 0 Å². The lowest BCUT2D eigenvalue weighted by atomic mass is 10.1. The van der Waals surface area contributed by atoms with E-state index in [1.54, 1.807) is 17.0 Å². The number of carbonyl (C=O) groups is 1. The van der Waals surface area contributed by atoms with Gasteiger partial charge in [0.25, 0.3) is 0 Å². The molecule has 4 rings (SSSR count). The molecule has 0 saturated carbocycles. The molecule has 2 aromatic carbocycles. The second-order valence-electron chi connectivity index (χ2n) is 7.47. The molecule has 0 spiro atoms. The maximum absolute atomic E-state index is 13.1. The van der Waals surface area contributed by atoms with Gasteiger partial charge in [-0.15, -0.1) is 0 Å². The third-order valence-corrected chi connectivity index (χ3v) is 6.11. The lowest BCUT2D eigenvalue weighted by Gasteiger charge is -2.34. The second-order valence-corrected chi connectivity index (χ2v) is 8.20. The van der Waals surface area contributed by atoms with Crippen molar-refractivity contribution < 1.29 is 22.4 Å². The highest BCUT2D eigenvalue weighted by Crippen LogP contribution is 2.29. The minimum absolute atomic E-state index is 0.0196. The van der Waals surface area contributed by atoms with Crippen LogP contribution in [0.15, 0.2) is 48.5 Å². The Morgan fingerprint density at radius 3 is 2.25 bits per heavy atom. The molecule has 1 aliphatic rings. The van der Waals surface area contributed by atoms with Crippen LogP contribution in [0.4, 0.5) is 22.7 Å². The van der Waals surface area contributed by atoms with E-state index in [-0.39, 0.29) is 18.1 Å². The van der Waals surface area contributed by atoms with Crippen LogP contribution in [0.5, 0.6) is 0 Å². The Labute approximate surface area is 186 Å². The zero-order chi connectivity index (χ0) is 22.7. The van der Waals surface area contributed by atoms with Gasteiger partial charge < -0.3 is 9.80 Å². The Morgan fingerprint density at radius 2 is 1.62 bits per heavy atom. The van der Waals surface area contributed by atoms with E-state index in [1.165, 1.54) is 35.8 Å². The van der Waals surface area contributed by atoms with E-state index in [4.69, 9.17) is 0 Å². The number of amides is 1. The Bertz CT molecular complexity index is 1060. The van der Waals surface area contributed by atoms with Crippen molar-refractivity contribution in [1.82, 2.24) is 14.3 Å². The van der Waals surface area contributed by atoms with Crippen molar-refractivity contribution in [1.29, 1.82) is 0 Å². The summed E-state index contributed by atoms with van der Waals surface area (Å²) in [5, 5.41) is 0.751. The Balaban J connectivity index is 1.27. The number of hydrogen-bond acceptors (Lipinski definition) is 5. The maximum Gasteiger partial charge on any atom is 0.416 e. The molecule has 1 aromatic heterocycles. The zero-order valence-corrected chi connectivity index (χ0v) is 17.8. The number of carbonyl (C=O) groups excluding carboxylic acids is 1. The molecule has 1 saturated heterocycles. The fourth-order valence-electron chi connectivity index (χ4n) is 3.48. The molecule has 1 aliphatic heterocycles. The van der Waals surface area contributed by atoms with Crippen molar-refractivity contribution in [2.45, 2.75) is 19.0 Å². The number of alkyl halides is 3. The third-order valence-electron chi connectivity index (χ3n) is 5.33. The molecule has 0 atom stereocenters. The van der Waals surface area contributed by atoms with Crippen molar-refractivity contribution >= 4 is 22.6 Å². The predicted molar refractivity (Wildman–Crippen MR) is 114 cm³/mol. The van der Waals surface area contributed by atoms with Crippen LogP contribution >= 0.6 is 11.5 Å². The molecule has 0 bridgehead atoms. The summed E-state index contributed by atoms with van der Waals surface area (Å²) in [6, 6.07) is 10.9. The molecule has 32 heavy (non-hydrogen) atoms. The lowest BCUT2D eigenvalue weighted by Crippen LogP contribution is -2.48. The molecule has 2 heterocycles. The number of nitrogens with zero attached hydrogens (tertiary/aromatic N) is 4. The largest absolute Gasteiger partial charge is 0.416 e. The van der Waals surface area contributed by atoms with Crippen molar-refractivity contribution in [3.05, 3.63) is 65.5 Å². The average molecular weight is 464 g/mol. The molecule has 1 fully saturated rings. The molecule has 10 heteroatoms. The van der Waals surface area contributed by atoms with E-state index >= 15 is 0 Å². The van der Waals surface area contributed by atoms with E-state index in [1.807, 2.05) is 0 Å². The lowest BCUT2D eigenvalue weighted by molar-refractivity contribution is -0.137. The molecule has 168 valence electrons. The van der Waals surface area contributed by atoms with E-state index in [9.17, 15) is 22.4 Å². The monoisotopic (exact) mass is 464 g/mol. The van der Waals surface area contributed by atoms with Crippen molar-refractivity contribution in [3.8, 4) is 11.4 Å². The fraction of sp³-hybridized carbons (Fsp3) is 0.318. The smallest absolute Gasteiger partial charge is 0.343 e. The topological polar surface area (TPSA) is 49.3 Å². The molecule has 1 amide bonds. The van der Waals surface area contributed by atoms with Crippen LogP contribution < -0.4 is 4.90 Å². The first-order valence-electron chi connectivity index (χ1n) is 10.1. The van der Waals surface area contributed by atoms with Crippen LogP contribution in [-0.2, 0) is 17.4 Å². The minimum Gasteiger partial charge on any atom is -0.343 e. The third kappa shape index (κ3) is 5.24. The van der Waals surface area contributed by atoms with E-state index in [2.05, 4.69) is 14.3 Å². The van der Waals surface area contributed by atoms with Gasteiger partial charge in [0, 0.05) is 49.7 Å². The molecule has 0 aliphatic carbocycles. The highest BCUT2D eigenvalue weighted by Gasteiger charge is 2.30. The van der Waals surface area contributed by atoms with Gasteiger partial charge in [0.1, 0.15) is 5.82 Å². The van der Waals surface area contributed by atoms with Gasteiger partial charge >= 0.3 is 6.18 Å². The number of rotatable bonds is 5. The number of aromatic nitrogens is 2. The molecule has 0 unspecified atom stereocenters. The summed E-state index contributed by atoms with van der Waals surface area (Å²) in [4.78, 5) is 20.9. The number of halogens is 4. The minimum atomic E-state index is -4.36. The van der Waals surface area contributed by atoms with Gasteiger partial charge in [-0.1, -0.05) is 12.1 Å². The summed E-state index contributed by atoms with van der Waals surface area (Å²) >= 11 is 1.26. The Kier molecular flexibility index (Phi) is 6.40. The van der Waals surface area contributed by atoms with E-state index < -0.39 is 11.7 Å². The molecule has 0 N–H and O–H groups in total. The standard InChI is InChI=1S/C22H20F4N4OS/c23-18-8-4-16(5-9-18)20-27-21(32-28-20)30-13-11-29(12-14-30)19(31)10-3-15-1-6-17(7-2-15)22(24,25)26/h1-2,4-9H,3,10-14H2. The van der Waals surface area contributed by atoms with Gasteiger partial charge in [-0.25, -0.2) is 4.39 Å². The molecular weight excluding hydrogens is 444 g/mol. The molecule has 3 aromatic rings. The second kappa shape index (κ2) is 9.23. The number of piperazine rings is 1. The normalized spacial score (nSPS) is 14.6. The molecular formula is C22H20F4N4OS. The van der Waals surface area contributed by atoms with Crippen molar-refractivity contribution in [2.24, 2.45) is 0 Å². The van der Waals surface area contributed by atoms with Gasteiger partial charge in [0.2, 0.25) is 11.0 Å². The Hall–Kier alpha value is -3.01. The van der Waals surface area contributed by atoms with Gasteiger partial charge in [0.15, 0.2) is 5.82 Å². The molecule has 5 nitrogen and oxygen atoms in total. The van der Waals surface area contributed by atoms with Crippen LogP contribution in [-0.4, -0.2) is 46.3 Å². The number of benzene rings is 2. The summed E-state index contributed by atoms with van der Waals surface area (Å²) in [6.45, 7) is 2.31. The summed E-state index contributed by atoms with van der Waals surface area (Å²) in [7, 11) is 0. The first-order valence-corrected chi connectivity index (χ1v) is 10.9. The first kappa shape index (κ1) is 22.2. The number of aryl methyl sites for hydroxylation is 1. The quantitative estimate of drug-likeness (QED) is 0.516. The molecule has 0 radical (unpaired) electrons. The van der Waals surface area contributed by atoms with Gasteiger partial charge in [-0.3, -0.25) is 4.79 Å². The van der Waals surface area contributed by atoms with Crippen LogP contribution in [0, 0.1) is 5.82 Å². The number of anilines is 1. The predicted octanol–water partition coefficient (Wildman–Crippen LogP) is 4.64. The van der Waals surface area contributed by atoms with Gasteiger partial charge in [0.05, 0.1) is 5.56 Å². The van der Waals surface area contributed by atoms with E-state index in [0.29, 0.717) is 44.0 Å². The average Bonchev–Trinajstić information content (AvgIpc) is 3.28. The zero-order valence-electron chi connectivity index (χ0n) is 17.0. The SMILES string of the molecule is O=C(CCc1ccc(C(F)(F)F)cc1)N1CCN(c2nc(-c3ccc(F)cc3)ns2)CC1. The van der Waals surface area contributed by atoms with Crippen LogP contribution in [0.2, 0.25) is 0 Å². The summed E-state index contributed by atoms with van der Waals surface area (Å²) in [5.41, 5.74) is 0.751. The Morgan fingerprint density at radius 1 is 0.969 bits per heavy atom. The van der Waals surface area contributed by atoms with Crippen LogP contribution in [0.3, 0.4) is 0 Å². The summed E-state index contributed by atoms with van der Waals surface area (Å²) in [6.07, 6.45) is -3.71. The summed E-state index contributed by atoms with van der Waals surface area (Å²) in [5.74, 6) is 0.206. The number of hydrogen-bond donors (Lipinski definition) is 0. The maximum atomic E-state index is 13.1. The van der Waals surface area contributed by atoms with Crippen LogP contribution in [0.1, 0.15) is 17.5 Å². The highest BCUT2D eigenvalue weighted by molar-refractivity contribution is 7.09. The van der Waals surface area contributed by atoms with Gasteiger partial charge in [-0.2, -0.15) is 22.5 Å².